The van der Waals surface area contributed by atoms with Crippen molar-refractivity contribution in [2.24, 2.45) is 11.7 Å². The summed E-state index contributed by atoms with van der Waals surface area (Å²) in [6.45, 7) is 0. The van der Waals surface area contributed by atoms with Crippen molar-refractivity contribution in [2.75, 3.05) is 5.73 Å². The average molecular weight is 221 g/mol. The van der Waals surface area contributed by atoms with Crippen LogP contribution in [0.2, 0.25) is 0 Å². The van der Waals surface area contributed by atoms with Crippen LogP contribution in [0.4, 0.5) is 5.69 Å². The highest BCUT2D eigenvalue weighted by Crippen LogP contribution is 2.22. The number of carbonyl (C=O) groups is 1. The van der Waals surface area contributed by atoms with Gasteiger partial charge in [0, 0.05) is 24.0 Å². The van der Waals surface area contributed by atoms with Crippen molar-refractivity contribution < 1.29 is 4.79 Å². The summed E-state index contributed by atoms with van der Waals surface area (Å²) in [5.74, 6) is 0.0912. The second-order valence-corrected chi connectivity index (χ2v) is 4.02. The van der Waals surface area contributed by atoms with Crippen molar-refractivity contribution in [1.29, 1.82) is 0 Å². The van der Waals surface area contributed by atoms with Gasteiger partial charge in [-0.3, -0.25) is 9.78 Å². The van der Waals surface area contributed by atoms with E-state index in [9.17, 15) is 4.79 Å². The molecule has 1 heterocycles. The van der Waals surface area contributed by atoms with Gasteiger partial charge in [0.15, 0.2) is 0 Å². The van der Waals surface area contributed by atoms with Crippen molar-refractivity contribution in [3.8, 4) is 0 Å². The second-order valence-electron chi connectivity index (χ2n) is 4.02. The molecule has 0 unspecified atom stereocenters. The lowest BCUT2D eigenvalue weighted by atomic mass is 9.89. The maximum Gasteiger partial charge on any atom is 0.220 e. The topological polar surface area (TPSA) is 82.0 Å². The summed E-state index contributed by atoms with van der Waals surface area (Å²) >= 11 is 0. The molecule has 2 rings (SSSR count). The van der Waals surface area contributed by atoms with E-state index in [1.54, 1.807) is 24.5 Å². The fraction of sp³-hybridized carbons (Fsp3) is 0.500. The molecule has 0 saturated heterocycles. The van der Waals surface area contributed by atoms with E-state index < -0.39 is 0 Å². The summed E-state index contributed by atoms with van der Waals surface area (Å²) in [4.78, 5) is 14.3. The highest BCUT2D eigenvalue weighted by Gasteiger charge is 2.17. The number of rotatable bonds is 1. The molecule has 0 bridgehead atoms. The van der Waals surface area contributed by atoms with Crippen LogP contribution in [0.5, 0.6) is 0 Å². The number of pyridine rings is 1. The Hall–Kier alpha value is -1.58. The zero-order valence-corrected chi connectivity index (χ0v) is 9.43. The predicted octanol–water partition coefficient (Wildman–Crippen LogP) is 1.72. The number of nitrogen functional groups attached to an aromatic ring is 1. The van der Waals surface area contributed by atoms with E-state index in [0.29, 0.717) is 0 Å². The minimum atomic E-state index is -0.102. The molecule has 1 fully saturated rings. The molecule has 4 N–H and O–H groups in total. The molecule has 1 aliphatic carbocycles. The van der Waals surface area contributed by atoms with Gasteiger partial charge in [-0.25, -0.2) is 0 Å². The summed E-state index contributed by atoms with van der Waals surface area (Å²) < 4.78 is 0. The zero-order valence-electron chi connectivity index (χ0n) is 9.43. The Morgan fingerprint density at radius 1 is 1.19 bits per heavy atom. The van der Waals surface area contributed by atoms with Gasteiger partial charge in [-0.15, -0.1) is 0 Å². The van der Waals surface area contributed by atoms with Crippen LogP contribution in [0.25, 0.3) is 0 Å². The molecule has 1 aliphatic rings. The number of primary amides is 1. The molecule has 1 aromatic heterocycles. The minimum absolute atomic E-state index is 0.102. The predicted molar refractivity (Wildman–Crippen MR) is 64.4 cm³/mol. The Kier molecular flexibility index (Phi) is 5.32. The number of nitrogens with zero attached hydrogens (tertiary/aromatic N) is 1. The van der Waals surface area contributed by atoms with Crippen LogP contribution in [0.15, 0.2) is 24.5 Å². The molecule has 4 heteroatoms. The summed E-state index contributed by atoms with van der Waals surface area (Å²) in [5, 5.41) is 0. The maximum atomic E-state index is 10.6. The second kappa shape index (κ2) is 6.82. The Bertz CT molecular complexity index is 307. The lowest BCUT2D eigenvalue weighted by molar-refractivity contribution is -0.122. The third-order valence-corrected chi connectivity index (χ3v) is 2.71. The van der Waals surface area contributed by atoms with E-state index in [2.05, 4.69) is 4.98 Å². The molecular weight excluding hydrogens is 202 g/mol. The number of aromatic nitrogens is 1. The van der Waals surface area contributed by atoms with E-state index in [4.69, 9.17) is 11.5 Å². The van der Waals surface area contributed by atoms with Crippen LogP contribution in [-0.2, 0) is 4.79 Å². The van der Waals surface area contributed by atoms with Crippen molar-refractivity contribution in [2.45, 2.75) is 32.1 Å². The first-order chi connectivity index (χ1) is 7.70. The Morgan fingerprint density at radius 2 is 1.75 bits per heavy atom. The number of anilines is 1. The first-order valence-electron chi connectivity index (χ1n) is 5.65. The monoisotopic (exact) mass is 221 g/mol. The maximum absolute atomic E-state index is 10.6. The van der Waals surface area contributed by atoms with Gasteiger partial charge in [0.25, 0.3) is 0 Å². The van der Waals surface area contributed by atoms with Gasteiger partial charge in [-0.2, -0.15) is 0 Å². The minimum Gasteiger partial charge on any atom is -0.399 e. The molecule has 88 valence electrons. The van der Waals surface area contributed by atoms with Crippen LogP contribution in [0, 0.1) is 5.92 Å². The van der Waals surface area contributed by atoms with E-state index >= 15 is 0 Å². The average Bonchev–Trinajstić information content (AvgIpc) is 2.32. The van der Waals surface area contributed by atoms with Crippen LogP contribution >= 0.6 is 0 Å². The van der Waals surface area contributed by atoms with Gasteiger partial charge in [0.2, 0.25) is 5.91 Å². The lowest BCUT2D eigenvalue weighted by Gasteiger charge is -2.17. The van der Waals surface area contributed by atoms with E-state index in [1.165, 1.54) is 19.3 Å². The number of hydrogen-bond donors (Lipinski definition) is 2. The van der Waals surface area contributed by atoms with Crippen LogP contribution in [-0.4, -0.2) is 10.9 Å². The van der Waals surface area contributed by atoms with Crippen molar-refractivity contribution >= 4 is 11.6 Å². The summed E-state index contributed by atoms with van der Waals surface area (Å²) in [6, 6.07) is 3.50. The highest BCUT2D eigenvalue weighted by atomic mass is 16.1. The lowest BCUT2D eigenvalue weighted by Crippen LogP contribution is -2.24. The quantitative estimate of drug-likeness (QED) is 0.757. The number of hydrogen-bond acceptors (Lipinski definition) is 3. The number of nitrogens with two attached hydrogens (primary N) is 2. The largest absolute Gasteiger partial charge is 0.399 e. The normalized spacial score (nSPS) is 16.0. The smallest absolute Gasteiger partial charge is 0.220 e. The molecule has 4 nitrogen and oxygen atoms in total. The molecule has 0 aliphatic heterocycles. The van der Waals surface area contributed by atoms with Gasteiger partial charge in [-0.1, -0.05) is 19.3 Å². The van der Waals surface area contributed by atoms with Gasteiger partial charge in [0.1, 0.15) is 0 Å². The van der Waals surface area contributed by atoms with Crippen molar-refractivity contribution in [3.05, 3.63) is 24.5 Å². The first-order valence-corrected chi connectivity index (χ1v) is 5.65. The summed E-state index contributed by atoms with van der Waals surface area (Å²) in [7, 11) is 0. The van der Waals surface area contributed by atoms with Gasteiger partial charge >= 0.3 is 0 Å². The van der Waals surface area contributed by atoms with Crippen molar-refractivity contribution in [1.82, 2.24) is 4.98 Å². The fourth-order valence-electron chi connectivity index (χ4n) is 1.75. The Morgan fingerprint density at radius 3 is 2.06 bits per heavy atom. The SMILES string of the molecule is NC(=O)C1CCCCC1.Nc1ccncc1. The highest BCUT2D eigenvalue weighted by molar-refractivity contribution is 5.76. The Balaban J connectivity index is 0.000000165. The molecule has 1 amide bonds. The fourth-order valence-corrected chi connectivity index (χ4v) is 1.75. The molecule has 1 saturated carbocycles. The molecular formula is C12H19N3O. The third-order valence-electron chi connectivity index (χ3n) is 2.71. The zero-order chi connectivity index (χ0) is 11.8. The van der Waals surface area contributed by atoms with Crippen LogP contribution < -0.4 is 11.5 Å². The van der Waals surface area contributed by atoms with Gasteiger partial charge < -0.3 is 11.5 Å². The van der Waals surface area contributed by atoms with E-state index in [0.717, 1.165) is 18.5 Å². The van der Waals surface area contributed by atoms with E-state index in [1.807, 2.05) is 0 Å². The third kappa shape index (κ3) is 4.77. The molecule has 1 aromatic rings. The molecule has 0 aromatic carbocycles. The van der Waals surface area contributed by atoms with Crippen LogP contribution in [0.1, 0.15) is 32.1 Å². The first kappa shape index (κ1) is 12.5. The van der Waals surface area contributed by atoms with Crippen LogP contribution in [0.3, 0.4) is 0 Å². The van der Waals surface area contributed by atoms with Crippen molar-refractivity contribution in [3.63, 3.8) is 0 Å². The van der Waals surface area contributed by atoms with Gasteiger partial charge in [-0.05, 0) is 25.0 Å². The molecule has 16 heavy (non-hydrogen) atoms. The molecule has 0 atom stereocenters. The number of carbonyl (C=O) groups excluding carboxylic acids is 1. The molecule has 0 spiro atoms. The summed E-state index contributed by atoms with van der Waals surface area (Å²) in [6.07, 6.45) is 9.03. The Labute approximate surface area is 96.0 Å². The van der Waals surface area contributed by atoms with E-state index in [-0.39, 0.29) is 11.8 Å². The summed E-state index contributed by atoms with van der Waals surface area (Å²) in [5.41, 5.74) is 11.2. The van der Waals surface area contributed by atoms with Gasteiger partial charge in [0.05, 0.1) is 0 Å². The number of amides is 1. The standard InChI is InChI=1S/C7H13NO.C5H6N2/c8-7(9)6-4-2-1-3-5-6;6-5-1-3-7-4-2-5/h6H,1-5H2,(H2,8,9);1-4H,(H2,6,7). The molecule has 0 radical (unpaired) electrons.